The summed E-state index contributed by atoms with van der Waals surface area (Å²) in [6.07, 6.45) is 2.55. The Morgan fingerprint density at radius 2 is 2.42 bits per heavy atom. The highest BCUT2D eigenvalue weighted by molar-refractivity contribution is 7.99. The van der Waals surface area contributed by atoms with Crippen LogP contribution in [0.15, 0.2) is 23.1 Å². The summed E-state index contributed by atoms with van der Waals surface area (Å²) in [5, 5.41) is 2.81. The van der Waals surface area contributed by atoms with Gasteiger partial charge in [0.1, 0.15) is 5.56 Å². The van der Waals surface area contributed by atoms with Gasteiger partial charge in [-0.1, -0.05) is 0 Å². The summed E-state index contributed by atoms with van der Waals surface area (Å²) in [5.74, 6) is 1.57. The minimum absolute atomic E-state index is 0.168. The first-order chi connectivity index (χ1) is 9.08. The zero-order chi connectivity index (χ0) is 13.9. The van der Waals surface area contributed by atoms with Gasteiger partial charge in [-0.25, -0.2) is 0 Å². The lowest BCUT2D eigenvalue weighted by atomic mass is 10.0. The largest absolute Gasteiger partial charge is 0.376 e. The van der Waals surface area contributed by atoms with Crippen LogP contribution >= 0.6 is 11.8 Å². The van der Waals surface area contributed by atoms with Crippen molar-refractivity contribution in [2.24, 2.45) is 7.05 Å². The Labute approximate surface area is 116 Å². The number of amides is 1. The maximum Gasteiger partial charge on any atom is 0.263 e. The molecule has 0 aromatic carbocycles. The molecule has 0 saturated carbocycles. The topological polar surface area (TPSA) is 60.3 Å². The van der Waals surface area contributed by atoms with Crippen LogP contribution in [-0.4, -0.2) is 41.2 Å². The first kappa shape index (κ1) is 14.1. The van der Waals surface area contributed by atoms with Gasteiger partial charge in [-0.15, -0.1) is 0 Å². The second-order valence-electron chi connectivity index (χ2n) is 4.71. The average molecular weight is 282 g/mol. The van der Waals surface area contributed by atoms with E-state index in [1.165, 1.54) is 4.57 Å². The number of nitrogens with zero attached hydrogens (tertiary/aromatic N) is 1. The van der Waals surface area contributed by atoms with E-state index >= 15 is 0 Å². The molecule has 0 spiro atoms. The van der Waals surface area contributed by atoms with Crippen LogP contribution < -0.4 is 10.9 Å². The van der Waals surface area contributed by atoms with Crippen molar-refractivity contribution in [1.82, 2.24) is 9.88 Å². The summed E-state index contributed by atoms with van der Waals surface area (Å²) in [5.41, 5.74) is -0.408. The van der Waals surface area contributed by atoms with E-state index < -0.39 is 0 Å². The summed E-state index contributed by atoms with van der Waals surface area (Å²) in [7, 11) is 3.29. The standard InChI is InChI=1S/C13H18N2O3S/c1-15-6-3-4-10(12(15)17)11(16)14-8-13(18-2)5-7-19-9-13/h3-4,6H,5,7-9H2,1-2H3,(H,14,16)/t13-/m1/s1. The van der Waals surface area contributed by atoms with Crippen molar-refractivity contribution >= 4 is 17.7 Å². The minimum Gasteiger partial charge on any atom is -0.376 e. The predicted octanol–water partition coefficient (Wildman–Crippen LogP) is 0.637. The maximum atomic E-state index is 12.0. The molecular formula is C13H18N2O3S. The summed E-state index contributed by atoms with van der Waals surface area (Å²) < 4.78 is 6.92. The Morgan fingerprint density at radius 1 is 1.63 bits per heavy atom. The van der Waals surface area contributed by atoms with Crippen LogP contribution in [0.25, 0.3) is 0 Å². The van der Waals surface area contributed by atoms with Crippen molar-refractivity contribution in [2.45, 2.75) is 12.0 Å². The molecule has 1 aliphatic heterocycles. The molecule has 1 aromatic heterocycles. The number of aryl methyl sites for hydroxylation is 1. The van der Waals surface area contributed by atoms with Gasteiger partial charge in [0.05, 0.1) is 5.60 Å². The van der Waals surface area contributed by atoms with Gasteiger partial charge >= 0.3 is 0 Å². The molecule has 1 aliphatic rings. The molecule has 1 N–H and O–H groups in total. The normalized spacial score (nSPS) is 22.4. The molecular weight excluding hydrogens is 264 g/mol. The van der Waals surface area contributed by atoms with E-state index in [9.17, 15) is 9.59 Å². The second-order valence-corrected chi connectivity index (χ2v) is 5.82. The zero-order valence-corrected chi connectivity index (χ0v) is 12.0. The van der Waals surface area contributed by atoms with Gasteiger partial charge in [0.25, 0.3) is 11.5 Å². The van der Waals surface area contributed by atoms with Crippen molar-refractivity contribution in [1.29, 1.82) is 0 Å². The number of rotatable bonds is 4. The van der Waals surface area contributed by atoms with Crippen LogP contribution in [0.3, 0.4) is 0 Å². The van der Waals surface area contributed by atoms with Crippen LogP contribution in [0.5, 0.6) is 0 Å². The molecule has 0 aliphatic carbocycles. The molecule has 104 valence electrons. The van der Waals surface area contributed by atoms with Crippen molar-refractivity contribution in [3.05, 3.63) is 34.2 Å². The molecule has 1 fully saturated rings. The molecule has 19 heavy (non-hydrogen) atoms. The number of carbonyl (C=O) groups excluding carboxylic acids is 1. The Balaban J connectivity index is 2.05. The lowest BCUT2D eigenvalue weighted by Crippen LogP contribution is -2.45. The third kappa shape index (κ3) is 3.01. The van der Waals surface area contributed by atoms with Crippen molar-refractivity contribution in [2.75, 3.05) is 25.2 Å². The van der Waals surface area contributed by atoms with Gasteiger partial charge in [-0.3, -0.25) is 9.59 Å². The molecule has 0 bridgehead atoms. The molecule has 1 atom stereocenters. The third-order valence-electron chi connectivity index (χ3n) is 3.44. The number of nitrogens with one attached hydrogen (secondary N) is 1. The molecule has 2 heterocycles. The Kier molecular flexibility index (Phi) is 4.31. The molecule has 0 radical (unpaired) electrons. The van der Waals surface area contributed by atoms with Crippen molar-refractivity contribution in [3.8, 4) is 0 Å². The molecule has 0 unspecified atom stereocenters. The summed E-state index contributed by atoms with van der Waals surface area (Å²) >= 11 is 1.82. The van der Waals surface area contributed by atoms with Crippen LogP contribution in [0.1, 0.15) is 16.8 Å². The van der Waals surface area contributed by atoms with E-state index in [1.807, 2.05) is 11.8 Å². The average Bonchev–Trinajstić information content (AvgIpc) is 2.89. The number of aromatic nitrogens is 1. The highest BCUT2D eigenvalue weighted by Gasteiger charge is 2.34. The van der Waals surface area contributed by atoms with Gasteiger partial charge in [-0.05, 0) is 24.3 Å². The highest BCUT2D eigenvalue weighted by atomic mass is 32.2. The Bertz CT molecular complexity index is 521. The summed E-state index contributed by atoms with van der Waals surface area (Å²) in [6.45, 7) is 0.438. The number of thioether (sulfide) groups is 1. The first-order valence-electron chi connectivity index (χ1n) is 6.15. The smallest absolute Gasteiger partial charge is 0.263 e. The van der Waals surface area contributed by atoms with E-state index in [0.717, 1.165) is 17.9 Å². The minimum atomic E-state index is -0.338. The summed E-state index contributed by atoms with van der Waals surface area (Å²) in [4.78, 5) is 23.9. The molecule has 6 heteroatoms. The fourth-order valence-corrected chi connectivity index (χ4v) is 3.46. The number of ether oxygens (including phenoxy) is 1. The van der Waals surface area contributed by atoms with Crippen molar-refractivity contribution < 1.29 is 9.53 Å². The maximum absolute atomic E-state index is 12.0. The molecule has 1 amide bonds. The predicted molar refractivity (Wildman–Crippen MR) is 75.7 cm³/mol. The van der Waals surface area contributed by atoms with Gasteiger partial charge in [-0.2, -0.15) is 11.8 Å². The van der Waals surface area contributed by atoms with Gasteiger partial charge in [0, 0.05) is 32.7 Å². The van der Waals surface area contributed by atoms with E-state index in [2.05, 4.69) is 5.32 Å². The number of pyridine rings is 1. The SMILES string of the molecule is CO[C@@]1(CNC(=O)c2cccn(C)c2=O)CCSC1. The zero-order valence-electron chi connectivity index (χ0n) is 11.1. The van der Waals surface area contributed by atoms with Crippen LogP contribution in [-0.2, 0) is 11.8 Å². The number of hydrogen-bond donors (Lipinski definition) is 1. The second kappa shape index (κ2) is 5.79. The quantitative estimate of drug-likeness (QED) is 0.880. The van der Waals surface area contributed by atoms with Gasteiger partial charge in [0.2, 0.25) is 0 Å². The van der Waals surface area contributed by atoms with E-state index in [-0.39, 0.29) is 22.6 Å². The molecule has 2 rings (SSSR count). The van der Waals surface area contributed by atoms with E-state index in [4.69, 9.17) is 4.74 Å². The van der Waals surface area contributed by atoms with Gasteiger partial charge < -0.3 is 14.6 Å². The van der Waals surface area contributed by atoms with Crippen LogP contribution in [0, 0.1) is 0 Å². The molecule has 5 nitrogen and oxygen atoms in total. The Hall–Kier alpha value is -1.27. The highest BCUT2D eigenvalue weighted by Crippen LogP contribution is 2.30. The lowest BCUT2D eigenvalue weighted by molar-refractivity contribution is 0.0137. The van der Waals surface area contributed by atoms with E-state index in [0.29, 0.717) is 6.54 Å². The number of methoxy groups -OCH3 is 1. The van der Waals surface area contributed by atoms with Gasteiger partial charge in [0.15, 0.2) is 0 Å². The monoisotopic (exact) mass is 282 g/mol. The number of carbonyl (C=O) groups is 1. The van der Waals surface area contributed by atoms with E-state index in [1.54, 1.807) is 32.5 Å². The number of hydrogen-bond acceptors (Lipinski definition) is 4. The first-order valence-corrected chi connectivity index (χ1v) is 7.30. The fourth-order valence-electron chi connectivity index (χ4n) is 2.07. The Morgan fingerprint density at radius 3 is 3.05 bits per heavy atom. The van der Waals surface area contributed by atoms with Crippen LogP contribution in [0.4, 0.5) is 0 Å². The van der Waals surface area contributed by atoms with Crippen LogP contribution in [0.2, 0.25) is 0 Å². The lowest BCUT2D eigenvalue weighted by Gasteiger charge is -2.26. The fraction of sp³-hybridized carbons (Fsp3) is 0.538. The molecule has 1 aromatic rings. The summed E-state index contributed by atoms with van der Waals surface area (Å²) in [6, 6.07) is 3.23. The molecule has 1 saturated heterocycles. The van der Waals surface area contributed by atoms with Crippen molar-refractivity contribution in [3.63, 3.8) is 0 Å². The third-order valence-corrected chi connectivity index (χ3v) is 4.66.